The number of ether oxygens (including phenoxy) is 1. The number of nitrogens with zero attached hydrogens (tertiary/aromatic N) is 3. The zero-order chi connectivity index (χ0) is 18.6. The fraction of sp³-hybridized carbons (Fsp3) is 0.333. The van der Waals surface area contributed by atoms with Gasteiger partial charge in [0.25, 0.3) is 0 Å². The van der Waals surface area contributed by atoms with Crippen LogP contribution in [0, 0.1) is 0 Å². The third-order valence-electron chi connectivity index (χ3n) is 5.13. The summed E-state index contributed by atoms with van der Waals surface area (Å²) in [6.45, 7) is 2.24. The maximum Gasteiger partial charge on any atom is 0.244 e. The Bertz CT molecular complexity index is 911. The lowest BCUT2D eigenvalue weighted by molar-refractivity contribution is -0.116. The standard InChI is InChI=1S/C21H24N4O2/c1-27-18-10-12-24(13-11-18)17-8-6-16(7-9-17)23-21(26)14-25-15-22-19-4-2-3-5-20(19)25/h2-9,15,18H,10-14H2,1H3,(H,23,26). The summed E-state index contributed by atoms with van der Waals surface area (Å²) >= 11 is 0. The second kappa shape index (κ2) is 7.80. The van der Waals surface area contributed by atoms with E-state index < -0.39 is 0 Å². The Kier molecular flexibility index (Phi) is 5.07. The number of benzene rings is 2. The van der Waals surface area contributed by atoms with Gasteiger partial charge in [-0.15, -0.1) is 0 Å². The summed E-state index contributed by atoms with van der Waals surface area (Å²) in [6, 6.07) is 15.9. The van der Waals surface area contributed by atoms with Gasteiger partial charge in [0.1, 0.15) is 6.54 Å². The van der Waals surface area contributed by atoms with E-state index in [2.05, 4.69) is 27.3 Å². The average Bonchev–Trinajstić information content (AvgIpc) is 3.11. The second-order valence-electron chi connectivity index (χ2n) is 6.88. The van der Waals surface area contributed by atoms with Crippen molar-refractivity contribution < 1.29 is 9.53 Å². The fourth-order valence-corrected chi connectivity index (χ4v) is 3.60. The quantitative estimate of drug-likeness (QED) is 0.755. The van der Waals surface area contributed by atoms with Gasteiger partial charge in [0.05, 0.1) is 23.5 Å². The van der Waals surface area contributed by atoms with E-state index in [9.17, 15) is 4.79 Å². The molecule has 1 saturated heterocycles. The van der Waals surface area contributed by atoms with E-state index in [0.717, 1.165) is 42.7 Å². The molecule has 4 rings (SSSR count). The first-order valence-corrected chi connectivity index (χ1v) is 9.30. The first-order valence-electron chi connectivity index (χ1n) is 9.30. The van der Waals surface area contributed by atoms with E-state index in [0.29, 0.717) is 6.10 Å². The van der Waals surface area contributed by atoms with Crippen LogP contribution in [-0.4, -0.2) is 41.8 Å². The molecule has 0 unspecified atom stereocenters. The number of hydrogen-bond acceptors (Lipinski definition) is 4. The highest BCUT2D eigenvalue weighted by molar-refractivity contribution is 5.91. The van der Waals surface area contributed by atoms with Gasteiger partial charge in [-0.2, -0.15) is 0 Å². The lowest BCUT2D eigenvalue weighted by Crippen LogP contribution is -2.36. The molecule has 140 valence electrons. The molecule has 0 atom stereocenters. The maximum atomic E-state index is 12.4. The van der Waals surface area contributed by atoms with Crippen molar-refractivity contribution in [2.45, 2.75) is 25.5 Å². The molecule has 0 spiro atoms. The number of fused-ring (bicyclic) bond motifs is 1. The monoisotopic (exact) mass is 364 g/mol. The lowest BCUT2D eigenvalue weighted by Gasteiger charge is -2.33. The Morgan fingerprint density at radius 2 is 1.89 bits per heavy atom. The number of anilines is 2. The minimum atomic E-state index is -0.0631. The molecule has 0 aliphatic carbocycles. The molecule has 1 N–H and O–H groups in total. The van der Waals surface area contributed by atoms with Gasteiger partial charge in [-0.25, -0.2) is 4.98 Å². The number of rotatable bonds is 5. The number of nitrogens with one attached hydrogen (secondary N) is 1. The van der Waals surface area contributed by atoms with Gasteiger partial charge in [0, 0.05) is 31.6 Å². The summed E-state index contributed by atoms with van der Waals surface area (Å²) in [7, 11) is 1.78. The number of hydrogen-bond donors (Lipinski definition) is 1. The summed E-state index contributed by atoms with van der Waals surface area (Å²) in [5, 5.41) is 2.97. The molecule has 2 heterocycles. The van der Waals surface area contributed by atoms with Crippen LogP contribution in [0.15, 0.2) is 54.9 Å². The summed E-state index contributed by atoms with van der Waals surface area (Å²) < 4.78 is 7.29. The number of methoxy groups -OCH3 is 1. The van der Waals surface area contributed by atoms with Gasteiger partial charge in [-0.3, -0.25) is 4.79 Å². The first kappa shape index (κ1) is 17.5. The maximum absolute atomic E-state index is 12.4. The van der Waals surface area contributed by atoms with Crippen molar-refractivity contribution in [2.24, 2.45) is 0 Å². The number of carbonyl (C=O) groups is 1. The number of aromatic nitrogens is 2. The van der Waals surface area contributed by atoms with Crippen molar-refractivity contribution in [3.8, 4) is 0 Å². The van der Waals surface area contributed by atoms with Crippen LogP contribution in [0.4, 0.5) is 11.4 Å². The fourth-order valence-electron chi connectivity index (χ4n) is 3.60. The minimum Gasteiger partial charge on any atom is -0.381 e. The molecule has 0 radical (unpaired) electrons. The molecule has 1 aliphatic rings. The molecular weight excluding hydrogens is 340 g/mol. The SMILES string of the molecule is COC1CCN(c2ccc(NC(=O)Cn3cnc4ccccc43)cc2)CC1. The Morgan fingerprint density at radius 3 is 2.63 bits per heavy atom. The van der Waals surface area contributed by atoms with Gasteiger partial charge in [-0.1, -0.05) is 12.1 Å². The van der Waals surface area contributed by atoms with Crippen LogP contribution in [0.2, 0.25) is 0 Å². The van der Waals surface area contributed by atoms with Crippen molar-refractivity contribution >= 4 is 28.3 Å². The molecule has 0 saturated carbocycles. The summed E-state index contributed by atoms with van der Waals surface area (Å²) in [5.41, 5.74) is 3.84. The third-order valence-corrected chi connectivity index (χ3v) is 5.13. The number of para-hydroxylation sites is 2. The molecule has 6 nitrogen and oxygen atoms in total. The lowest BCUT2D eigenvalue weighted by atomic mass is 10.1. The van der Waals surface area contributed by atoms with Crippen LogP contribution in [0.3, 0.4) is 0 Å². The van der Waals surface area contributed by atoms with E-state index in [1.807, 2.05) is 41.0 Å². The van der Waals surface area contributed by atoms with E-state index >= 15 is 0 Å². The highest BCUT2D eigenvalue weighted by Crippen LogP contribution is 2.23. The van der Waals surface area contributed by atoms with Crippen molar-refractivity contribution in [1.29, 1.82) is 0 Å². The Labute approximate surface area is 158 Å². The van der Waals surface area contributed by atoms with Crippen molar-refractivity contribution in [1.82, 2.24) is 9.55 Å². The minimum absolute atomic E-state index is 0.0631. The van der Waals surface area contributed by atoms with E-state index in [-0.39, 0.29) is 12.5 Å². The third kappa shape index (κ3) is 3.95. The molecule has 0 bridgehead atoms. The highest BCUT2D eigenvalue weighted by Gasteiger charge is 2.18. The van der Waals surface area contributed by atoms with Crippen LogP contribution in [0.25, 0.3) is 11.0 Å². The molecule has 1 fully saturated rings. The smallest absolute Gasteiger partial charge is 0.244 e. The van der Waals surface area contributed by atoms with Crippen LogP contribution in [0.1, 0.15) is 12.8 Å². The molecule has 3 aromatic rings. The largest absolute Gasteiger partial charge is 0.381 e. The van der Waals surface area contributed by atoms with Crippen molar-refractivity contribution in [3.63, 3.8) is 0 Å². The first-order chi connectivity index (χ1) is 13.2. The zero-order valence-electron chi connectivity index (χ0n) is 15.5. The normalized spacial score (nSPS) is 15.2. The number of carbonyl (C=O) groups excluding carboxylic acids is 1. The van der Waals surface area contributed by atoms with Crippen LogP contribution in [0.5, 0.6) is 0 Å². The summed E-state index contributed by atoms with van der Waals surface area (Å²) in [6.07, 6.45) is 4.18. The van der Waals surface area contributed by atoms with E-state index in [4.69, 9.17) is 4.74 Å². The summed E-state index contributed by atoms with van der Waals surface area (Å²) in [5.74, 6) is -0.0631. The molecule has 1 aromatic heterocycles. The van der Waals surface area contributed by atoms with Gasteiger partial charge < -0.3 is 19.5 Å². The number of imidazole rings is 1. The van der Waals surface area contributed by atoms with Gasteiger partial charge in [0.15, 0.2) is 0 Å². The van der Waals surface area contributed by atoms with Gasteiger partial charge in [0.2, 0.25) is 5.91 Å². The van der Waals surface area contributed by atoms with Crippen molar-refractivity contribution in [3.05, 3.63) is 54.9 Å². The number of amides is 1. The van der Waals surface area contributed by atoms with Crippen molar-refractivity contribution in [2.75, 3.05) is 30.4 Å². The molecule has 2 aromatic carbocycles. The molecular formula is C21H24N4O2. The van der Waals surface area contributed by atoms with E-state index in [1.165, 1.54) is 5.69 Å². The summed E-state index contributed by atoms with van der Waals surface area (Å²) in [4.78, 5) is 19.1. The van der Waals surface area contributed by atoms with Crippen LogP contribution < -0.4 is 10.2 Å². The van der Waals surface area contributed by atoms with Crippen LogP contribution >= 0.6 is 0 Å². The highest BCUT2D eigenvalue weighted by atomic mass is 16.5. The average molecular weight is 364 g/mol. The second-order valence-corrected chi connectivity index (χ2v) is 6.88. The molecule has 1 amide bonds. The predicted octanol–water partition coefficient (Wildman–Crippen LogP) is 3.29. The Morgan fingerprint density at radius 1 is 1.15 bits per heavy atom. The molecule has 27 heavy (non-hydrogen) atoms. The molecule has 6 heteroatoms. The predicted molar refractivity (Wildman–Crippen MR) is 107 cm³/mol. The number of piperidine rings is 1. The van der Waals surface area contributed by atoms with E-state index in [1.54, 1.807) is 13.4 Å². The molecule has 1 aliphatic heterocycles. The van der Waals surface area contributed by atoms with Gasteiger partial charge >= 0.3 is 0 Å². The topological polar surface area (TPSA) is 59.4 Å². The van der Waals surface area contributed by atoms with Crippen LogP contribution in [-0.2, 0) is 16.1 Å². The zero-order valence-corrected chi connectivity index (χ0v) is 15.5. The van der Waals surface area contributed by atoms with Gasteiger partial charge in [-0.05, 0) is 49.2 Å². The Hall–Kier alpha value is -2.86. The Balaban J connectivity index is 1.36.